The summed E-state index contributed by atoms with van der Waals surface area (Å²) in [6.07, 6.45) is -2.81. The number of rotatable bonds is 5. The maximum Gasteiger partial charge on any atom is 0.270 e. The van der Waals surface area contributed by atoms with Crippen LogP contribution in [0.1, 0.15) is 22.0 Å². The van der Waals surface area contributed by atoms with E-state index >= 15 is 0 Å². The lowest BCUT2D eigenvalue weighted by Gasteiger charge is -2.17. The van der Waals surface area contributed by atoms with Gasteiger partial charge in [-0.15, -0.1) is 0 Å². The molecule has 0 radical (unpaired) electrons. The number of benzene rings is 1. The molecule has 2 unspecified atom stereocenters. The van der Waals surface area contributed by atoms with E-state index in [1.807, 2.05) is 0 Å². The van der Waals surface area contributed by atoms with Crippen LogP contribution in [0.5, 0.6) is 5.75 Å². The number of non-ortho nitro benzene ring substituents is 1. The number of nitro groups is 1. The molecule has 8 nitrogen and oxygen atoms in total. The molecule has 0 fully saturated rings. The number of phenols is 1. The first kappa shape index (κ1) is 14.0. The van der Waals surface area contributed by atoms with Crippen molar-refractivity contribution in [1.82, 2.24) is 0 Å². The molecule has 0 amide bonds. The van der Waals surface area contributed by atoms with Crippen molar-refractivity contribution >= 4 is 12.0 Å². The van der Waals surface area contributed by atoms with Crippen LogP contribution < -0.4 is 5.73 Å². The van der Waals surface area contributed by atoms with Gasteiger partial charge in [0, 0.05) is 24.2 Å². The van der Waals surface area contributed by atoms with Crippen molar-refractivity contribution < 1.29 is 25.0 Å². The van der Waals surface area contributed by atoms with Crippen molar-refractivity contribution in [2.45, 2.75) is 12.2 Å². The molecule has 2 atom stereocenters. The molecule has 1 aromatic rings. The zero-order valence-electron chi connectivity index (χ0n) is 9.18. The molecule has 98 valence electrons. The smallest absolute Gasteiger partial charge is 0.270 e. The van der Waals surface area contributed by atoms with Crippen LogP contribution in [-0.2, 0) is 0 Å². The van der Waals surface area contributed by atoms with Gasteiger partial charge in [0.1, 0.15) is 11.9 Å². The molecule has 0 aliphatic carbocycles. The summed E-state index contributed by atoms with van der Waals surface area (Å²) in [4.78, 5) is 20.5. The molecular formula is C10H12N2O6. The van der Waals surface area contributed by atoms with Gasteiger partial charge in [-0.2, -0.15) is 0 Å². The van der Waals surface area contributed by atoms with Gasteiger partial charge in [-0.25, -0.2) is 0 Å². The van der Waals surface area contributed by atoms with Crippen LogP contribution in [0.15, 0.2) is 12.1 Å². The number of nitro benzene ring substituents is 1. The van der Waals surface area contributed by atoms with E-state index in [-0.39, 0.29) is 24.0 Å². The monoisotopic (exact) mass is 256 g/mol. The summed E-state index contributed by atoms with van der Waals surface area (Å²) in [5, 5.41) is 39.3. The van der Waals surface area contributed by atoms with Crippen LogP contribution in [0.4, 0.5) is 5.69 Å². The summed E-state index contributed by atoms with van der Waals surface area (Å²) in [7, 11) is 0. The molecule has 5 N–H and O–H groups in total. The highest BCUT2D eigenvalue weighted by Gasteiger charge is 2.25. The molecule has 1 aromatic carbocycles. The fourth-order valence-electron chi connectivity index (χ4n) is 1.42. The van der Waals surface area contributed by atoms with Gasteiger partial charge >= 0.3 is 0 Å². The number of nitrogens with two attached hydrogens (primary N) is 1. The Morgan fingerprint density at radius 3 is 2.50 bits per heavy atom. The third kappa shape index (κ3) is 2.62. The second-order valence-corrected chi connectivity index (χ2v) is 3.60. The van der Waals surface area contributed by atoms with Crippen LogP contribution >= 0.6 is 0 Å². The normalized spacial score (nSPS) is 13.9. The molecule has 0 spiro atoms. The Morgan fingerprint density at radius 2 is 2.06 bits per heavy atom. The van der Waals surface area contributed by atoms with Gasteiger partial charge in [0.2, 0.25) is 0 Å². The van der Waals surface area contributed by atoms with E-state index in [4.69, 9.17) is 5.73 Å². The van der Waals surface area contributed by atoms with E-state index in [0.29, 0.717) is 0 Å². The van der Waals surface area contributed by atoms with Gasteiger partial charge in [-0.05, 0) is 0 Å². The first-order valence-corrected chi connectivity index (χ1v) is 4.95. The highest BCUT2D eigenvalue weighted by molar-refractivity contribution is 5.81. The number of carbonyl (C=O) groups is 1. The number of hydrogen-bond donors (Lipinski definition) is 4. The third-order valence-electron chi connectivity index (χ3n) is 2.42. The molecule has 0 saturated carbocycles. The summed E-state index contributed by atoms with van der Waals surface area (Å²) in [5.74, 6) is -0.615. The zero-order valence-corrected chi connectivity index (χ0v) is 9.18. The van der Waals surface area contributed by atoms with Crippen molar-refractivity contribution in [2.75, 3.05) is 6.54 Å². The number of carbonyl (C=O) groups excluding carboxylic acids is 1. The van der Waals surface area contributed by atoms with Crippen molar-refractivity contribution in [3.8, 4) is 5.75 Å². The van der Waals surface area contributed by atoms with Gasteiger partial charge in [-0.1, -0.05) is 0 Å². The van der Waals surface area contributed by atoms with E-state index in [2.05, 4.69) is 0 Å². The standard InChI is InChI=1S/C10H12N2O6/c11-3-8(14)10(16)7-2-6(12(17)18)1-5(4-13)9(7)15/h1-2,4,8,10,14-16H,3,11H2. The van der Waals surface area contributed by atoms with Gasteiger partial charge in [0.25, 0.3) is 5.69 Å². The van der Waals surface area contributed by atoms with Crippen LogP contribution in [0.25, 0.3) is 0 Å². The topological polar surface area (TPSA) is 147 Å². The van der Waals surface area contributed by atoms with E-state index in [1.54, 1.807) is 0 Å². The molecule has 0 saturated heterocycles. The fourth-order valence-corrected chi connectivity index (χ4v) is 1.42. The van der Waals surface area contributed by atoms with E-state index in [1.165, 1.54) is 0 Å². The van der Waals surface area contributed by atoms with Gasteiger partial charge in [0.05, 0.1) is 16.6 Å². The Hall–Kier alpha value is -2.03. The molecule has 18 heavy (non-hydrogen) atoms. The first-order valence-electron chi connectivity index (χ1n) is 4.95. The van der Waals surface area contributed by atoms with Crippen LogP contribution in [-0.4, -0.2) is 39.2 Å². The predicted octanol–water partition coefficient (Wildman–Crippen LogP) is -0.534. The van der Waals surface area contributed by atoms with Crippen molar-refractivity contribution in [3.63, 3.8) is 0 Å². The summed E-state index contributed by atoms with van der Waals surface area (Å²) < 4.78 is 0. The highest BCUT2D eigenvalue weighted by atomic mass is 16.6. The van der Waals surface area contributed by atoms with Crippen molar-refractivity contribution in [2.24, 2.45) is 5.73 Å². The number of aliphatic hydroxyl groups is 2. The molecule has 1 rings (SSSR count). The van der Waals surface area contributed by atoms with Crippen LogP contribution in [0.3, 0.4) is 0 Å². The number of hydrogen-bond acceptors (Lipinski definition) is 7. The second kappa shape index (κ2) is 5.54. The minimum atomic E-state index is -1.62. The molecule has 0 aromatic heterocycles. The fraction of sp³-hybridized carbons (Fsp3) is 0.300. The Bertz CT molecular complexity index is 476. The summed E-state index contributed by atoms with van der Waals surface area (Å²) in [5.41, 5.74) is 3.99. The van der Waals surface area contributed by atoms with Crippen LogP contribution in [0.2, 0.25) is 0 Å². The third-order valence-corrected chi connectivity index (χ3v) is 2.42. The minimum Gasteiger partial charge on any atom is -0.507 e. The molecular weight excluding hydrogens is 244 g/mol. The van der Waals surface area contributed by atoms with E-state index in [9.17, 15) is 30.2 Å². The quantitative estimate of drug-likeness (QED) is 0.314. The lowest BCUT2D eigenvalue weighted by Crippen LogP contribution is -2.27. The SMILES string of the molecule is NCC(O)C(O)c1cc([N+](=O)[O-])cc(C=O)c1O. The Labute approximate surface area is 101 Å². The summed E-state index contributed by atoms with van der Waals surface area (Å²) in [6, 6.07) is 1.75. The van der Waals surface area contributed by atoms with Crippen molar-refractivity contribution in [1.29, 1.82) is 0 Å². The number of nitrogens with zero attached hydrogens (tertiary/aromatic N) is 1. The number of phenolic OH excluding ortho intramolecular Hbond substituents is 1. The van der Waals surface area contributed by atoms with E-state index < -0.39 is 28.6 Å². The van der Waals surface area contributed by atoms with Gasteiger partial charge in [0.15, 0.2) is 6.29 Å². The zero-order chi connectivity index (χ0) is 13.9. The molecule has 0 bridgehead atoms. The Morgan fingerprint density at radius 1 is 1.44 bits per heavy atom. The predicted molar refractivity (Wildman–Crippen MR) is 60.2 cm³/mol. The first-order chi connectivity index (χ1) is 8.42. The summed E-state index contributed by atoms with van der Waals surface area (Å²) >= 11 is 0. The number of aliphatic hydroxyl groups excluding tert-OH is 2. The maximum absolute atomic E-state index is 10.7. The number of aldehydes is 1. The van der Waals surface area contributed by atoms with Gasteiger partial charge in [-0.3, -0.25) is 14.9 Å². The molecule has 0 heterocycles. The van der Waals surface area contributed by atoms with Gasteiger partial charge < -0.3 is 21.1 Å². The lowest BCUT2D eigenvalue weighted by molar-refractivity contribution is -0.385. The molecule has 0 aliphatic heterocycles. The molecule has 0 aliphatic rings. The van der Waals surface area contributed by atoms with Crippen molar-refractivity contribution in [3.05, 3.63) is 33.4 Å². The number of aromatic hydroxyl groups is 1. The summed E-state index contributed by atoms with van der Waals surface area (Å²) in [6.45, 7) is -0.306. The average Bonchev–Trinajstić information content (AvgIpc) is 2.36. The Kier molecular flexibility index (Phi) is 4.32. The molecule has 8 heteroatoms. The largest absolute Gasteiger partial charge is 0.507 e. The average molecular weight is 256 g/mol. The minimum absolute atomic E-state index is 0.216. The van der Waals surface area contributed by atoms with Crippen LogP contribution in [0, 0.1) is 10.1 Å². The van der Waals surface area contributed by atoms with E-state index in [0.717, 1.165) is 12.1 Å². The highest BCUT2D eigenvalue weighted by Crippen LogP contribution is 2.33. The second-order valence-electron chi connectivity index (χ2n) is 3.60. The lowest BCUT2D eigenvalue weighted by atomic mass is 9.99. The maximum atomic E-state index is 10.7. The Balaban J connectivity index is 3.37.